The van der Waals surface area contributed by atoms with E-state index in [9.17, 15) is 4.79 Å². The molecule has 6 heteroatoms. The molecule has 2 rings (SSSR count). The van der Waals surface area contributed by atoms with E-state index in [1.54, 1.807) is 24.0 Å². The predicted molar refractivity (Wildman–Crippen MR) is 68.6 cm³/mol. The minimum atomic E-state index is -0.491. The Kier molecular flexibility index (Phi) is 4.02. The molecule has 19 heavy (non-hydrogen) atoms. The molecule has 0 saturated heterocycles. The second-order valence-electron chi connectivity index (χ2n) is 3.93. The van der Waals surface area contributed by atoms with Crippen LogP contribution in [-0.4, -0.2) is 32.6 Å². The van der Waals surface area contributed by atoms with Gasteiger partial charge >= 0.3 is 5.97 Å². The number of pyridine rings is 1. The van der Waals surface area contributed by atoms with Crippen LogP contribution in [0.2, 0.25) is 0 Å². The molecule has 0 radical (unpaired) electrons. The van der Waals surface area contributed by atoms with Gasteiger partial charge < -0.3 is 4.74 Å². The van der Waals surface area contributed by atoms with Crippen molar-refractivity contribution in [3.05, 3.63) is 54.1 Å². The number of rotatable bonds is 5. The molecule has 0 atom stereocenters. The van der Waals surface area contributed by atoms with Gasteiger partial charge in [-0.05, 0) is 18.6 Å². The monoisotopic (exact) mass is 258 g/mol. The zero-order chi connectivity index (χ0) is 13.7. The van der Waals surface area contributed by atoms with Gasteiger partial charge in [0, 0.05) is 12.4 Å². The van der Waals surface area contributed by atoms with Crippen LogP contribution in [0.1, 0.15) is 21.7 Å². The van der Waals surface area contributed by atoms with E-state index in [0.717, 1.165) is 5.56 Å². The Labute approximate surface area is 110 Å². The summed E-state index contributed by atoms with van der Waals surface area (Å²) in [7, 11) is 0. The normalized spacial score (nSPS) is 10.2. The summed E-state index contributed by atoms with van der Waals surface area (Å²) in [6.45, 7) is 5.94. The second kappa shape index (κ2) is 5.90. The first-order valence-corrected chi connectivity index (χ1v) is 5.79. The Morgan fingerprint density at radius 1 is 1.58 bits per heavy atom. The summed E-state index contributed by atoms with van der Waals surface area (Å²) in [5, 5.41) is 7.80. The van der Waals surface area contributed by atoms with E-state index in [2.05, 4.69) is 21.9 Å². The maximum Gasteiger partial charge on any atom is 0.361 e. The molecular formula is C13H14N4O2. The first-order valence-electron chi connectivity index (χ1n) is 5.79. The van der Waals surface area contributed by atoms with Gasteiger partial charge in [0.25, 0.3) is 0 Å². The molecule has 0 bridgehead atoms. The fourth-order valence-electron chi connectivity index (χ4n) is 1.57. The van der Waals surface area contributed by atoms with Gasteiger partial charge in [0.15, 0.2) is 5.69 Å². The highest BCUT2D eigenvalue weighted by Gasteiger charge is 2.17. The molecule has 6 nitrogen and oxygen atoms in total. The number of esters is 1. The molecule has 2 heterocycles. The Morgan fingerprint density at radius 2 is 2.42 bits per heavy atom. The third-order valence-electron chi connectivity index (χ3n) is 2.56. The summed E-state index contributed by atoms with van der Waals surface area (Å²) in [5.41, 5.74) is 1.88. The first kappa shape index (κ1) is 12.9. The van der Waals surface area contributed by atoms with E-state index in [4.69, 9.17) is 4.74 Å². The number of carbonyl (C=O) groups is 1. The average Bonchev–Trinajstić information content (AvgIpc) is 2.79. The molecule has 0 N–H and O–H groups in total. The molecule has 0 aliphatic rings. The van der Waals surface area contributed by atoms with Gasteiger partial charge in [-0.2, -0.15) is 0 Å². The minimum Gasteiger partial charge on any atom is -0.457 e. The Balaban J connectivity index is 2.14. The lowest BCUT2D eigenvalue weighted by Crippen LogP contribution is -2.09. The molecule has 2 aromatic heterocycles. The van der Waals surface area contributed by atoms with Gasteiger partial charge in [0.05, 0.1) is 12.2 Å². The summed E-state index contributed by atoms with van der Waals surface area (Å²) in [5.74, 6) is -0.491. The Hall–Kier alpha value is -2.50. The molecule has 0 saturated carbocycles. The van der Waals surface area contributed by atoms with E-state index in [1.807, 2.05) is 12.1 Å². The van der Waals surface area contributed by atoms with Crippen LogP contribution >= 0.6 is 0 Å². The molecule has 0 aliphatic carbocycles. The van der Waals surface area contributed by atoms with Gasteiger partial charge in [-0.1, -0.05) is 23.9 Å². The molecular weight excluding hydrogens is 244 g/mol. The summed E-state index contributed by atoms with van der Waals surface area (Å²) >= 11 is 0. The second-order valence-corrected chi connectivity index (χ2v) is 3.93. The minimum absolute atomic E-state index is 0.160. The number of hydrogen-bond donors (Lipinski definition) is 0. The van der Waals surface area contributed by atoms with Gasteiger partial charge in [-0.3, -0.25) is 4.98 Å². The van der Waals surface area contributed by atoms with Gasteiger partial charge in [0.1, 0.15) is 6.61 Å². The highest BCUT2D eigenvalue weighted by atomic mass is 16.5. The maximum atomic E-state index is 11.7. The highest BCUT2D eigenvalue weighted by Crippen LogP contribution is 2.08. The van der Waals surface area contributed by atoms with E-state index >= 15 is 0 Å². The van der Waals surface area contributed by atoms with E-state index in [-0.39, 0.29) is 12.3 Å². The standard InChI is InChI=1S/C13H14N4O2/c1-3-7-19-13(18)12-10(2)17(16-15-12)9-11-5-4-6-14-8-11/h3-6,8H,1,7,9H2,2H3. The van der Waals surface area contributed by atoms with Crippen LogP contribution in [-0.2, 0) is 11.3 Å². The van der Waals surface area contributed by atoms with Crippen molar-refractivity contribution in [2.75, 3.05) is 6.61 Å². The zero-order valence-electron chi connectivity index (χ0n) is 10.6. The largest absolute Gasteiger partial charge is 0.457 e. The number of hydrogen-bond acceptors (Lipinski definition) is 5. The van der Waals surface area contributed by atoms with Crippen molar-refractivity contribution in [2.45, 2.75) is 13.5 Å². The first-order chi connectivity index (χ1) is 9.22. The predicted octanol–water partition coefficient (Wildman–Crippen LogP) is 1.37. The molecule has 98 valence electrons. The lowest BCUT2D eigenvalue weighted by molar-refractivity contribution is 0.0542. The SMILES string of the molecule is C=CCOC(=O)c1nnn(Cc2cccnc2)c1C. The van der Waals surface area contributed by atoms with Crippen molar-refractivity contribution < 1.29 is 9.53 Å². The number of aromatic nitrogens is 4. The quantitative estimate of drug-likeness (QED) is 0.598. The molecule has 0 fully saturated rings. The van der Waals surface area contributed by atoms with Gasteiger partial charge in [-0.25, -0.2) is 9.48 Å². The lowest BCUT2D eigenvalue weighted by atomic mass is 10.3. The van der Waals surface area contributed by atoms with Crippen LogP contribution < -0.4 is 0 Å². The Bertz CT molecular complexity index is 578. The van der Waals surface area contributed by atoms with Gasteiger partial charge in [-0.15, -0.1) is 5.10 Å². The van der Waals surface area contributed by atoms with Crippen LogP contribution in [0.15, 0.2) is 37.2 Å². The third-order valence-corrected chi connectivity index (χ3v) is 2.56. The van der Waals surface area contributed by atoms with E-state index in [1.165, 1.54) is 6.08 Å². The smallest absolute Gasteiger partial charge is 0.361 e. The molecule has 0 aromatic carbocycles. The lowest BCUT2D eigenvalue weighted by Gasteiger charge is -2.03. The average molecular weight is 258 g/mol. The van der Waals surface area contributed by atoms with Gasteiger partial charge in [0.2, 0.25) is 0 Å². The summed E-state index contributed by atoms with van der Waals surface area (Å²) in [6, 6.07) is 3.78. The van der Waals surface area contributed by atoms with Crippen LogP contribution in [0, 0.1) is 6.92 Å². The highest BCUT2D eigenvalue weighted by molar-refractivity contribution is 5.88. The maximum absolute atomic E-state index is 11.7. The Morgan fingerprint density at radius 3 is 3.11 bits per heavy atom. The molecule has 2 aromatic rings. The number of ether oxygens (including phenoxy) is 1. The summed E-state index contributed by atoms with van der Waals surface area (Å²) in [6.07, 6.45) is 4.96. The van der Waals surface area contributed by atoms with Crippen LogP contribution in [0.25, 0.3) is 0 Å². The topological polar surface area (TPSA) is 69.9 Å². The van der Waals surface area contributed by atoms with Crippen molar-refractivity contribution in [1.82, 2.24) is 20.0 Å². The van der Waals surface area contributed by atoms with Crippen molar-refractivity contribution in [3.8, 4) is 0 Å². The number of nitrogens with zero attached hydrogens (tertiary/aromatic N) is 4. The third kappa shape index (κ3) is 3.04. The summed E-state index contributed by atoms with van der Waals surface area (Å²) < 4.78 is 6.58. The van der Waals surface area contributed by atoms with Crippen LogP contribution in [0.5, 0.6) is 0 Å². The number of carbonyl (C=O) groups excluding carboxylic acids is 1. The molecule has 0 spiro atoms. The molecule has 0 aliphatic heterocycles. The van der Waals surface area contributed by atoms with Crippen molar-refractivity contribution in [1.29, 1.82) is 0 Å². The van der Waals surface area contributed by atoms with E-state index in [0.29, 0.717) is 12.2 Å². The zero-order valence-corrected chi connectivity index (χ0v) is 10.6. The molecule has 0 unspecified atom stereocenters. The van der Waals surface area contributed by atoms with Crippen LogP contribution in [0.4, 0.5) is 0 Å². The van der Waals surface area contributed by atoms with Crippen LogP contribution in [0.3, 0.4) is 0 Å². The fourth-order valence-corrected chi connectivity index (χ4v) is 1.57. The van der Waals surface area contributed by atoms with E-state index < -0.39 is 5.97 Å². The fraction of sp³-hybridized carbons (Fsp3) is 0.231. The van der Waals surface area contributed by atoms with Crippen molar-refractivity contribution in [2.24, 2.45) is 0 Å². The van der Waals surface area contributed by atoms with Crippen molar-refractivity contribution >= 4 is 5.97 Å². The molecule has 0 amide bonds. The van der Waals surface area contributed by atoms with Crippen molar-refractivity contribution in [3.63, 3.8) is 0 Å². The summed E-state index contributed by atoms with van der Waals surface area (Å²) in [4.78, 5) is 15.7.